The second kappa shape index (κ2) is 52.8. The molecule has 0 aromatic heterocycles. The molecule has 700 valence electrons. The molecule has 0 aliphatic carbocycles. The van der Waals surface area contributed by atoms with Crippen LogP contribution in [0, 0.1) is 0 Å². The standard InChI is InChI=1S/C70H86N8O8.C22H26O8.C11H19N3O/c1-75(2)25-9-29-81-55-15-21-61-51(39-55)43-65(71-61)49-13-19-59(67-45-53-41-57(17-23-63(53)73-67)83-31-11-27-77(5)6)69(47-49)85-37-35-79-33-34-80-36-38-86-70-48-50(66-44-52-40-56(16-22-62(52)72-66)82-30-10-26-76(3)4)14-20-60(70)68-46-54-42-58(18-24-64(54)74-68)84-32-12-28-78(7)8;1-25-19-5-4-18(16-24)21(14-19)29-11-9-27-7-8-28-10-12-30-22-13-17(15-23)3-6-20(22)26-2;1-14(2)6-3-7-15-9-4-5-10(12)11(13)8-9/h13-24,39-42,47-48H,9-12,25-38,43-46H2,1-8H3;3-6,13-16H,7-12H2,1-2H3;4-5,8H,3,6-7,12-13H2,1-2H3. The van der Waals surface area contributed by atoms with Crippen molar-refractivity contribution in [3.05, 3.63) is 219 Å². The van der Waals surface area contributed by atoms with Crippen LogP contribution < -0.4 is 63.6 Å². The molecule has 0 amide bonds. The average molecular weight is 1800 g/mol. The van der Waals surface area contributed by atoms with Crippen molar-refractivity contribution in [3.63, 3.8) is 0 Å². The van der Waals surface area contributed by atoms with Gasteiger partial charge in [-0.1, -0.05) is 12.1 Å². The number of fused-ring (bicyclic) bond motifs is 4. The average Bonchev–Trinajstić information content (AvgIpc) is 1.64. The van der Waals surface area contributed by atoms with Gasteiger partial charge in [0.1, 0.15) is 84.5 Å². The topological polar surface area (TPSA) is 290 Å². The summed E-state index contributed by atoms with van der Waals surface area (Å²) in [5, 5.41) is 0. The first-order valence-electron chi connectivity index (χ1n) is 44.9. The number of nitrogen functional groups attached to an aromatic ring is 2. The normalized spacial score (nSPS) is 12.7. The van der Waals surface area contributed by atoms with Gasteiger partial charge in [-0.15, -0.1) is 0 Å². The summed E-state index contributed by atoms with van der Waals surface area (Å²) in [6.45, 7) is 12.6. The molecule has 4 heterocycles. The molecule has 4 aliphatic rings. The van der Waals surface area contributed by atoms with Gasteiger partial charge in [-0.25, -0.2) is 0 Å². The van der Waals surface area contributed by atoms with Crippen LogP contribution in [0.25, 0.3) is 0 Å². The van der Waals surface area contributed by atoms with Gasteiger partial charge in [0.25, 0.3) is 0 Å². The number of hydrogen-bond acceptors (Lipinski definition) is 28. The van der Waals surface area contributed by atoms with Crippen molar-refractivity contribution in [1.82, 2.24) is 24.5 Å². The maximum Gasteiger partial charge on any atom is 0.161 e. The number of nitrogens with two attached hydrogens (primary N) is 2. The minimum absolute atomic E-state index is 0.296. The summed E-state index contributed by atoms with van der Waals surface area (Å²) < 4.78 is 87.9. The molecular formula is C103H131N11O17. The summed E-state index contributed by atoms with van der Waals surface area (Å²) in [5.74, 6) is 7.84. The Morgan fingerprint density at radius 3 is 0.969 bits per heavy atom. The van der Waals surface area contributed by atoms with Crippen molar-refractivity contribution < 1.29 is 80.6 Å². The van der Waals surface area contributed by atoms with Crippen LogP contribution in [0.2, 0.25) is 0 Å². The molecule has 0 unspecified atom stereocenters. The Morgan fingerprint density at radius 1 is 0.282 bits per heavy atom. The number of benzene rings is 9. The third-order valence-electron chi connectivity index (χ3n) is 21.4. The van der Waals surface area contributed by atoms with Gasteiger partial charge < -0.3 is 107 Å². The lowest BCUT2D eigenvalue weighted by molar-refractivity contribution is 0.0270. The Morgan fingerprint density at radius 2 is 0.618 bits per heavy atom. The summed E-state index contributed by atoms with van der Waals surface area (Å²) in [6.07, 6.45) is 9.06. The van der Waals surface area contributed by atoms with Crippen molar-refractivity contribution >= 4 is 69.5 Å². The van der Waals surface area contributed by atoms with E-state index in [0.717, 1.165) is 208 Å². The number of anilines is 2. The summed E-state index contributed by atoms with van der Waals surface area (Å²) in [4.78, 5) is 53.1. The van der Waals surface area contributed by atoms with Crippen LogP contribution in [0.5, 0.6) is 63.2 Å². The number of aliphatic imine (C=N–C) groups is 4. The third-order valence-corrected chi connectivity index (χ3v) is 21.4. The molecule has 13 rings (SSSR count). The predicted molar refractivity (Wildman–Crippen MR) is 519 cm³/mol. The molecule has 4 aliphatic heterocycles. The molecule has 0 bridgehead atoms. The van der Waals surface area contributed by atoms with E-state index < -0.39 is 0 Å². The minimum Gasteiger partial charge on any atom is -0.497 e. The maximum absolute atomic E-state index is 11.0. The first kappa shape index (κ1) is 99.6. The summed E-state index contributed by atoms with van der Waals surface area (Å²) in [6, 6.07) is 52.8. The molecule has 4 N–H and O–H groups in total. The van der Waals surface area contributed by atoms with Crippen LogP contribution >= 0.6 is 0 Å². The molecule has 0 radical (unpaired) electrons. The van der Waals surface area contributed by atoms with Crippen molar-refractivity contribution in [1.29, 1.82) is 0 Å². The van der Waals surface area contributed by atoms with E-state index in [1.165, 1.54) is 7.11 Å². The van der Waals surface area contributed by atoms with Crippen LogP contribution in [0.4, 0.5) is 34.1 Å². The number of hydrogen-bond donors (Lipinski definition) is 2. The van der Waals surface area contributed by atoms with Gasteiger partial charge >= 0.3 is 0 Å². The maximum atomic E-state index is 11.0. The molecule has 0 fully saturated rings. The Labute approximate surface area is 772 Å². The molecule has 9 aromatic carbocycles. The van der Waals surface area contributed by atoms with Crippen LogP contribution in [0.1, 0.15) is 97.3 Å². The number of ether oxygens (including phenoxy) is 15. The number of methoxy groups -OCH3 is 2. The molecule has 28 heteroatoms. The zero-order chi connectivity index (χ0) is 92.6. The monoisotopic (exact) mass is 1790 g/mol. The fourth-order valence-electron chi connectivity index (χ4n) is 14.6. The van der Waals surface area contributed by atoms with Crippen LogP contribution in [-0.2, 0) is 44.6 Å². The lowest BCUT2D eigenvalue weighted by Crippen LogP contribution is -2.15. The Balaban J connectivity index is 0.000000299. The van der Waals surface area contributed by atoms with Crippen LogP contribution in [-0.4, -0.2) is 290 Å². The first-order chi connectivity index (χ1) is 63.7. The molecule has 131 heavy (non-hydrogen) atoms. The highest BCUT2D eigenvalue weighted by Crippen LogP contribution is 2.41. The molecule has 0 spiro atoms. The smallest absolute Gasteiger partial charge is 0.161 e. The van der Waals surface area contributed by atoms with Gasteiger partial charge in [-0.2, -0.15) is 0 Å². The fourth-order valence-corrected chi connectivity index (χ4v) is 14.6. The highest BCUT2D eigenvalue weighted by molar-refractivity contribution is 6.12. The van der Waals surface area contributed by atoms with Crippen molar-refractivity contribution in [2.45, 2.75) is 57.8 Å². The minimum atomic E-state index is 0.296. The van der Waals surface area contributed by atoms with E-state index in [1.807, 2.05) is 44.4 Å². The Bertz CT molecular complexity index is 5060. The van der Waals surface area contributed by atoms with E-state index in [0.29, 0.717) is 184 Å². The highest BCUT2D eigenvalue weighted by Gasteiger charge is 2.27. The fraction of sp³-hybridized carbons (Fsp3) is 0.417. The summed E-state index contributed by atoms with van der Waals surface area (Å²) in [7, 11) is 23.8. The van der Waals surface area contributed by atoms with Gasteiger partial charge in [0.05, 0.1) is 163 Å². The quantitative estimate of drug-likeness (QED) is 0.0203. The zero-order valence-electron chi connectivity index (χ0n) is 78.3. The molecule has 28 nitrogen and oxygen atoms in total. The van der Waals surface area contributed by atoms with Crippen molar-refractivity contribution in [2.75, 3.05) is 241 Å². The molecule has 0 saturated heterocycles. The predicted octanol–water partition coefficient (Wildman–Crippen LogP) is 15.2. The van der Waals surface area contributed by atoms with Gasteiger partial charge in [0.15, 0.2) is 17.8 Å². The van der Waals surface area contributed by atoms with E-state index in [-0.39, 0.29) is 0 Å². The van der Waals surface area contributed by atoms with Gasteiger partial charge in [0, 0.05) is 98.4 Å². The lowest BCUT2D eigenvalue weighted by atomic mass is 9.98. The summed E-state index contributed by atoms with van der Waals surface area (Å²) in [5.41, 5.74) is 29.6. The number of carbonyl (C=O) groups is 2. The Kier molecular flexibility index (Phi) is 40.1. The SMILES string of the molecule is CN(C)CCCOc1ccc(N)c(N)c1.CN(C)CCCOc1ccc2c(c1)CC(c1ccc(C3=Nc4ccc(OCCCN(C)C)cc4C3)c(OCCOCCOCCOc3cc(C4=Nc5ccc(OCCCN(C)C)cc5C4)ccc3C3=Nc4ccc(OCCCN(C)C)cc4C3)c1)=N2.COc1ccc(C=O)c(OCCOCCOCCOc2cc(C=O)ccc2OC)c1. The highest BCUT2D eigenvalue weighted by atomic mass is 16.6. The van der Waals surface area contributed by atoms with E-state index in [2.05, 4.69) is 166 Å². The van der Waals surface area contributed by atoms with Gasteiger partial charge in [0.2, 0.25) is 0 Å². The number of carbonyl (C=O) groups excluding carboxylic acids is 2. The first-order valence-corrected chi connectivity index (χ1v) is 44.9. The Hall–Kier alpha value is -12.0. The van der Waals surface area contributed by atoms with Gasteiger partial charge in [-0.05, 0) is 264 Å². The van der Waals surface area contributed by atoms with E-state index in [9.17, 15) is 9.59 Å². The second-order valence-corrected chi connectivity index (χ2v) is 33.2. The zero-order valence-corrected chi connectivity index (χ0v) is 78.3. The largest absolute Gasteiger partial charge is 0.497 e. The molecule has 0 atom stereocenters. The van der Waals surface area contributed by atoms with E-state index in [4.69, 9.17) is 102 Å². The van der Waals surface area contributed by atoms with Crippen molar-refractivity contribution in [2.24, 2.45) is 20.0 Å². The van der Waals surface area contributed by atoms with Crippen LogP contribution in [0.15, 0.2) is 184 Å². The van der Waals surface area contributed by atoms with Gasteiger partial charge in [-0.3, -0.25) is 29.6 Å². The van der Waals surface area contributed by atoms with E-state index in [1.54, 1.807) is 55.6 Å². The molecule has 0 saturated carbocycles. The number of aldehydes is 2. The summed E-state index contributed by atoms with van der Waals surface area (Å²) >= 11 is 0. The molecule has 9 aromatic rings. The van der Waals surface area contributed by atoms with E-state index >= 15 is 0 Å². The second-order valence-electron chi connectivity index (χ2n) is 33.2. The molecular weight excluding hydrogens is 1660 g/mol. The van der Waals surface area contributed by atoms with Crippen LogP contribution in [0.3, 0.4) is 0 Å². The van der Waals surface area contributed by atoms with Crippen molar-refractivity contribution in [3.8, 4) is 63.2 Å². The number of nitrogens with zero attached hydrogens (tertiary/aromatic N) is 9. The lowest BCUT2D eigenvalue weighted by Gasteiger charge is -2.15. The third kappa shape index (κ3) is 32.2. The number of rotatable bonds is 55.